The van der Waals surface area contributed by atoms with Crippen LogP contribution >= 0.6 is 0 Å². The van der Waals surface area contributed by atoms with Crippen LogP contribution in [0.25, 0.3) is 0 Å². The zero-order valence-electron chi connectivity index (χ0n) is 18.9. The number of nitrogens with zero attached hydrogens (tertiary/aromatic N) is 2. The summed E-state index contributed by atoms with van der Waals surface area (Å²) in [7, 11) is 0. The first-order chi connectivity index (χ1) is 16.8. The van der Waals surface area contributed by atoms with E-state index in [1.54, 1.807) is 12.1 Å². The molecule has 0 bridgehead atoms. The molecule has 35 heavy (non-hydrogen) atoms. The maximum absolute atomic E-state index is 13.4. The van der Waals surface area contributed by atoms with Gasteiger partial charge in [0, 0.05) is 54.5 Å². The Labute approximate surface area is 201 Å². The quantitative estimate of drug-likeness (QED) is 0.440. The third-order valence-corrected chi connectivity index (χ3v) is 5.66. The summed E-state index contributed by atoms with van der Waals surface area (Å²) < 4.78 is 45.5. The van der Waals surface area contributed by atoms with Crippen LogP contribution in [0.15, 0.2) is 60.8 Å². The van der Waals surface area contributed by atoms with E-state index in [1.807, 2.05) is 24.3 Å². The first-order valence-electron chi connectivity index (χ1n) is 11.2. The molecule has 10 heteroatoms. The van der Waals surface area contributed by atoms with Gasteiger partial charge in [0.1, 0.15) is 5.82 Å². The molecule has 2 aromatic carbocycles. The van der Waals surface area contributed by atoms with Gasteiger partial charge in [-0.2, -0.15) is 13.2 Å². The molecule has 0 atom stereocenters. The van der Waals surface area contributed by atoms with Crippen LogP contribution in [0.5, 0.6) is 0 Å². The van der Waals surface area contributed by atoms with E-state index in [0.717, 1.165) is 30.5 Å². The fourth-order valence-electron chi connectivity index (χ4n) is 3.91. The standard InChI is InChI=1S/C25H26F3N5O2/c26-25(27,28)21-4-2-1-3-17(21)15-30-22-14-24(31-16-18(22)13-23(29)34)32-19-5-7-20(8-6-19)33-9-11-35-12-10-33/h1-8,14,16H,9-13,15H2,(H2,29,34)(H2,30,31,32). The summed E-state index contributed by atoms with van der Waals surface area (Å²) in [5.41, 5.74) is 7.59. The number of primary amides is 1. The number of rotatable bonds is 8. The highest BCUT2D eigenvalue weighted by atomic mass is 19.4. The monoisotopic (exact) mass is 485 g/mol. The minimum Gasteiger partial charge on any atom is -0.381 e. The number of nitrogens with one attached hydrogen (secondary N) is 2. The lowest BCUT2D eigenvalue weighted by molar-refractivity contribution is -0.138. The number of anilines is 4. The lowest BCUT2D eigenvalue weighted by Gasteiger charge is -2.28. The number of nitrogens with two attached hydrogens (primary N) is 1. The molecule has 0 spiro atoms. The second kappa shape index (κ2) is 10.6. The van der Waals surface area contributed by atoms with Gasteiger partial charge in [0.25, 0.3) is 0 Å². The largest absolute Gasteiger partial charge is 0.416 e. The molecule has 0 aliphatic carbocycles. The van der Waals surface area contributed by atoms with Crippen LogP contribution in [0, 0.1) is 0 Å². The summed E-state index contributed by atoms with van der Waals surface area (Å²) in [6.45, 7) is 2.99. The summed E-state index contributed by atoms with van der Waals surface area (Å²) in [6, 6.07) is 14.9. The number of pyridine rings is 1. The number of aromatic nitrogens is 1. The van der Waals surface area contributed by atoms with Crippen LogP contribution in [0.4, 0.5) is 36.1 Å². The van der Waals surface area contributed by atoms with Crippen LogP contribution in [0.3, 0.4) is 0 Å². The Morgan fingerprint density at radius 2 is 1.77 bits per heavy atom. The molecule has 2 heterocycles. The van der Waals surface area contributed by atoms with Crippen molar-refractivity contribution in [3.63, 3.8) is 0 Å². The Bertz CT molecular complexity index is 1160. The minimum absolute atomic E-state index is 0.0842. The average Bonchev–Trinajstić information content (AvgIpc) is 2.84. The van der Waals surface area contributed by atoms with Gasteiger partial charge in [0.15, 0.2) is 0 Å². The molecule has 1 aliphatic rings. The molecule has 1 amide bonds. The second-order valence-corrected chi connectivity index (χ2v) is 8.15. The van der Waals surface area contributed by atoms with Gasteiger partial charge in [-0.1, -0.05) is 18.2 Å². The number of alkyl halides is 3. The van der Waals surface area contributed by atoms with Gasteiger partial charge in [0.2, 0.25) is 5.91 Å². The van der Waals surface area contributed by atoms with E-state index in [0.29, 0.717) is 30.3 Å². The summed E-state index contributed by atoms with van der Waals surface area (Å²) in [5.74, 6) is -0.0890. The van der Waals surface area contributed by atoms with Crippen LogP contribution in [0.2, 0.25) is 0 Å². The van der Waals surface area contributed by atoms with Crippen molar-refractivity contribution in [1.29, 1.82) is 0 Å². The number of carbonyl (C=O) groups is 1. The highest BCUT2D eigenvalue weighted by Gasteiger charge is 2.32. The Morgan fingerprint density at radius 3 is 2.46 bits per heavy atom. The molecular formula is C25H26F3N5O2. The van der Waals surface area contributed by atoms with Crippen molar-refractivity contribution < 1.29 is 22.7 Å². The summed E-state index contributed by atoms with van der Waals surface area (Å²) >= 11 is 0. The highest BCUT2D eigenvalue weighted by molar-refractivity contribution is 5.79. The molecule has 0 unspecified atom stereocenters. The SMILES string of the molecule is NC(=O)Cc1cnc(Nc2ccc(N3CCOCC3)cc2)cc1NCc1ccccc1C(F)(F)F. The van der Waals surface area contributed by atoms with E-state index in [9.17, 15) is 18.0 Å². The van der Waals surface area contributed by atoms with E-state index in [-0.39, 0.29) is 18.5 Å². The lowest BCUT2D eigenvalue weighted by Crippen LogP contribution is -2.36. The predicted octanol–water partition coefficient (Wildman–Crippen LogP) is 4.32. The third kappa shape index (κ3) is 6.42. The Kier molecular flexibility index (Phi) is 7.40. The number of hydrogen-bond acceptors (Lipinski definition) is 6. The average molecular weight is 486 g/mol. The van der Waals surface area contributed by atoms with E-state index < -0.39 is 17.6 Å². The molecule has 1 fully saturated rings. The van der Waals surface area contributed by atoms with Crippen molar-refractivity contribution in [3.8, 4) is 0 Å². The Hall–Kier alpha value is -3.79. The molecule has 1 aromatic heterocycles. The van der Waals surface area contributed by atoms with Gasteiger partial charge in [-0.05, 0) is 35.9 Å². The third-order valence-electron chi connectivity index (χ3n) is 5.66. The van der Waals surface area contributed by atoms with Crippen LogP contribution in [-0.4, -0.2) is 37.2 Å². The van der Waals surface area contributed by atoms with E-state index >= 15 is 0 Å². The molecule has 184 valence electrons. The summed E-state index contributed by atoms with van der Waals surface area (Å²) in [6.07, 6.45) is -3.06. The fraction of sp³-hybridized carbons (Fsp3) is 0.280. The van der Waals surface area contributed by atoms with Gasteiger partial charge < -0.3 is 26.0 Å². The van der Waals surface area contributed by atoms with Crippen LogP contribution in [0.1, 0.15) is 16.7 Å². The van der Waals surface area contributed by atoms with E-state index in [4.69, 9.17) is 10.5 Å². The molecule has 4 rings (SSSR count). The van der Waals surface area contributed by atoms with Crippen molar-refractivity contribution >= 4 is 28.8 Å². The fourth-order valence-corrected chi connectivity index (χ4v) is 3.91. The number of amides is 1. The molecule has 1 aliphatic heterocycles. The molecule has 3 aromatic rings. The Balaban J connectivity index is 1.51. The highest BCUT2D eigenvalue weighted by Crippen LogP contribution is 2.32. The molecule has 4 N–H and O–H groups in total. The van der Waals surface area contributed by atoms with Crippen LogP contribution < -0.4 is 21.3 Å². The number of morpholine rings is 1. The van der Waals surface area contributed by atoms with Crippen molar-refractivity contribution in [2.24, 2.45) is 5.73 Å². The first-order valence-corrected chi connectivity index (χ1v) is 11.2. The van der Waals surface area contributed by atoms with Gasteiger partial charge in [-0.3, -0.25) is 4.79 Å². The number of halogens is 3. The first kappa shape index (κ1) is 24.3. The van der Waals surface area contributed by atoms with E-state index in [1.165, 1.54) is 18.3 Å². The topological polar surface area (TPSA) is 92.5 Å². The van der Waals surface area contributed by atoms with Gasteiger partial charge >= 0.3 is 6.18 Å². The number of ether oxygens (including phenoxy) is 1. The van der Waals surface area contributed by atoms with Crippen molar-refractivity contribution in [3.05, 3.63) is 77.5 Å². The predicted molar refractivity (Wildman–Crippen MR) is 129 cm³/mol. The lowest BCUT2D eigenvalue weighted by atomic mass is 10.1. The molecular weight excluding hydrogens is 459 g/mol. The second-order valence-electron chi connectivity index (χ2n) is 8.15. The normalized spacial score (nSPS) is 14.0. The van der Waals surface area contributed by atoms with Crippen molar-refractivity contribution in [2.75, 3.05) is 41.8 Å². The minimum atomic E-state index is -4.47. The Morgan fingerprint density at radius 1 is 1.06 bits per heavy atom. The molecule has 0 saturated carbocycles. The smallest absolute Gasteiger partial charge is 0.381 e. The van der Waals surface area contributed by atoms with Crippen molar-refractivity contribution in [1.82, 2.24) is 4.98 Å². The van der Waals surface area contributed by atoms with Gasteiger partial charge in [0.05, 0.1) is 25.2 Å². The zero-order chi connectivity index (χ0) is 24.8. The number of hydrogen-bond donors (Lipinski definition) is 3. The molecule has 7 nitrogen and oxygen atoms in total. The van der Waals surface area contributed by atoms with Crippen LogP contribution in [-0.2, 0) is 28.7 Å². The molecule has 0 radical (unpaired) electrons. The summed E-state index contributed by atoms with van der Waals surface area (Å²) in [5, 5.41) is 6.22. The zero-order valence-corrected chi connectivity index (χ0v) is 18.9. The maximum atomic E-state index is 13.4. The maximum Gasteiger partial charge on any atom is 0.416 e. The van der Waals surface area contributed by atoms with E-state index in [2.05, 4.69) is 20.5 Å². The van der Waals surface area contributed by atoms with Gasteiger partial charge in [-0.25, -0.2) is 4.98 Å². The van der Waals surface area contributed by atoms with Crippen molar-refractivity contribution in [2.45, 2.75) is 19.1 Å². The number of carbonyl (C=O) groups excluding carboxylic acids is 1. The molecule has 1 saturated heterocycles. The summed E-state index contributed by atoms with van der Waals surface area (Å²) in [4.78, 5) is 18.1. The van der Waals surface area contributed by atoms with Gasteiger partial charge in [-0.15, -0.1) is 0 Å². The number of benzene rings is 2.